The summed E-state index contributed by atoms with van der Waals surface area (Å²) in [5.41, 5.74) is 5.67. The van der Waals surface area contributed by atoms with Gasteiger partial charge in [-0.25, -0.2) is 0 Å². The van der Waals surface area contributed by atoms with E-state index in [0.717, 1.165) is 18.4 Å². The fraction of sp³-hybridized carbons (Fsp3) is 1.00. The summed E-state index contributed by atoms with van der Waals surface area (Å²) < 4.78 is 0. The topological polar surface area (TPSA) is 26.0 Å². The lowest BCUT2D eigenvalue weighted by molar-refractivity contribution is 0.394. The van der Waals surface area contributed by atoms with Crippen molar-refractivity contribution in [3.8, 4) is 0 Å². The Kier molecular flexibility index (Phi) is 7.78. The van der Waals surface area contributed by atoms with Crippen molar-refractivity contribution in [1.29, 1.82) is 0 Å². The van der Waals surface area contributed by atoms with E-state index in [4.69, 9.17) is 5.73 Å². The largest absolute Gasteiger partial charge is 0.330 e. The van der Waals surface area contributed by atoms with Gasteiger partial charge in [-0.05, 0) is 24.8 Å². The van der Waals surface area contributed by atoms with Gasteiger partial charge in [0, 0.05) is 0 Å². The van der Waals surface area contributed by atoms with E-state index in [9.17, 15) is 0 Å². The average Bonchev–Trinajstić information content (AvgIpc) is 2.59. The molecule has 2 heteroatoms. The van der Waals surface area contributed by atoms with Crippen LogP contribution in [0.5, 0.6) is 0 Å². The van der Waals surface area contributed by atoms with E-state index >= 15 is 0 Å². The Morgan fingerprint density at radius 1 is 1.31 bits per heavy atom. The Labute approximate surface area is 88.9 Å². The molecule has 0 radical (unpaired) electrons. The summed E-state index contributed by atoms with van der Waals surface area (Å²) in [4.78, 5) is 0. The van der Waals surface area contributed by atoms with Crippen LogP contribution >= 0.6 is 12.4 Å². The van der Waals surface area contributed by atoms with Gasteiger partial charge >= 0.3 is 0 Å². The molecule has 13 heavy (non-hydrogen) atoms. The fourth-order valence-corrected chi connectivity index (χ4v) is 2.26. The highest BCUT2D eigenvalue weighted by atomic mass is 35.5. The Bertz CT molecular complexity index is 105. The molecule has 1 fully saturated rings. The Hall–Kier alpha value is 0.250. The zero-order chi connectivity index (χ0) is 8.81. The van der Waals surface area contributed by atoms with Crippen molar-refractivity contribution in [2.24, 2.45) is 17.6 Å². The molecule has 0 heterocycles. The third-order valence-corrected chi connectivity index (χ3v) is 3.37. The third kappa shape index (κ3) is 4.87. The van der Waals surface area contributed by atoms with Crippen molar-refractivity contribution < 1.29 is 0 Å². The molecule has 0 aromatic carbocycles. The molecule has 1 nitrogen and oxygen atoms in total. The second-order valence-corrected chi connectivity index (χ2v) is 4.24. The van der Waals surface area contributed by atoms with Gasteiger partial charge in [0.25, 0.3) is 0 Å². The molecule has 0 saturated heterocycles. The first-order chi connectivity index (χ1) is 5.86. The molecule has 0 aromatic rings. The zero-order valence-corrected chi connectivity index (χ0v) is 9.61. The summed E-state index contributed by atoms with van der Waals surface area (Å²) in [7, 11) is 0. The molecule has 0 spiro atoms. The minimum absolute atomic E-state index is 0. The van der Waals surface area contributed by atoms with Gasteiger partial charge in [-0.1, -0.05) is 45.4 Å². The summed E-state index contributed by atoms with van der Waals surface area (Å²) in [5.74, 6) is 1.84. The normalized spacial score (nSPS) is 19.8. The molecule has 80 valence electrons. The van der Waals surface area contributed by atoms with Crippen molar-refractivity contribution in [2.75, 3.05) is 6.54 Å². The third-order valence-electron chi connectivity index (χ3n) is 3.37. The predicted octanol–water partition coefficient (Wildman–Crippen LogP) is 3.36. The molecule has 0 aliphatic heterocycles. The standard InChI is InChI=1S/C11H23N.ClH/c1-2-10(9-12)7-8-11-5-3-4-6-11;/h10-11H,2-9,12H2,1H3;1H. The smallest absolute Gasteiger partial charge is 0.00490 e. The average molecular weight is 206 g/mol. The molecule has 0 aromatic heterocycles. The highest BCUT2D eigenvalue weighted by Crippen LogP contribution is 2.30. The highest BCUT2D eigenvalue weighted by molar-refractivity contribution is 5.85. The number of rotatable bonds is 5. The molecule has 2 N–H and O–H groups in total. The molecule has 0 bridgehead atoms. The van der Waals surface area contributed by atoms with Gasteiger partial charge in [-0.15, -0.1) is 12.4 Å². The minimum atomic E-state index is 0. The number of hydrogen-bond donors (Lipinski definition) is 1. The van der Waals surface area contributed by atoms with Crippen LogP contribution in [0.25, 0.3) is 0 Å². The van der Waals surface area contributed by atoms with Gasteiger partial charge in [0.2, 0.25) is 0 Å². The lowest BCUT2D eigenvalue weighted by Crippen LogP contribution is -2.14. The van der Waals surface area contributed by atoms with Gasteiger partial charge in [0.15, 0.2) is 0 Å². The van der Waals surface area contributed by atoms with Crippen LogP contribution in [0.4, 0.5) is 0 Å². The summed E-state index contributed by atoms with van der Waals surface area (Å²) in [5, 5.41) is 0. The molecule has 1 aliphatic carbocycles. The van der Waals surface area contributed by atoms with Crippen molar-refractivity contribution in [2.45, 2.75) is 51.9 Å². The van der Waals surface area contributed by atoms with Crippen LogP contribution in [0, 0.1) is 11.8 Å². The molecular weight excluding hydrogens is 182 g/mol. The summed E-state index contributed by atoms with van der Waals surface area (Å²) in [6, 6.07) is 0. The van der Waals surface area contributed by atoms with Crippen LogP contribution < -0.4 is 5.73 Å². The van der Waals surface area contributed by atoms with E-state index in [0.29, 0.717) is 0 Å². The first-order valence-electron chi connectivity index (χ1n) is 5.56. The maximum absolute atomic E-state index is 5.67. The molecule has 1 rings (SSSR count). The quantitative estimate of drug-likeness (QED) is 0.732. The Balaban J connectivity index is 0.00000144. The number of nitrogens with two attached hydrogens (primary N) is 1. The second kappa shape index (κ2) is 7.64. The van der Waals surface area contributed by atoms with E-state index in [-0.39, 0.29) is 12.4 Å². The van der Waals surface area contributed by atoms with Crippen LogP contribution in [-0.4, -0.2) is 6.54 Å². The van der Waals surface area contributed by atoms with E-state index in [2.05, 4.69) is 6.92 Å². The van der Waals surface area contributed by atoms with E-state index in [1.54, 1.807) is 0 Å². The van der Waals surface area contributed by atoms with Crippen LogP contribution in [0.1, 0.15) is 51.9 Å². The van der Waals surface area contributed by atoms with E-state index in [1.165, 1.54) is 44.9 Å². The molecule has 1 aliphatic rings. The van der Waals surface area contributed by atoms with Gasteiger partial charge < -0.3 is 5.73 Å². The predicted molar refractivity (Wildman–Crippen MR) is 61.3 cm³/mol. The molecule has 1 unspecified atom stereocenters. The Morgan fingerprint density at radius 3 is 2.38 bits per heavy atom. The summed E-state index contributed by atoms with van der Waals surface area (Å²) in [6.45, 7) is 3.15. The lowest BCUT2D eigenvalue weighted by Gasteiger charge is -2.14. The fourth-order valence-electron chi connectivity index (χ4n) is 2.26. The van der Waals surface area contributed by atoms with Crippen molar-refractivity contribution in [3.05, 3.63) is 0 Å². The first-order valence-corrected chi connectivity index (χ1v) is 5.56. The summed E-state index contributed by atoms with van der Waals surface area (Å²) >= 11 is 0. The number of hydrogen-bond acceptors (Lipinski definition) is 1. The van der Waals surface area contributed by atoms with Crippen molar-refractivity contribution in [3.63, 3.8) is 0 Å². The van der Waals surface area contributed by atoms with Crippen LogP contribution in [0.3, 0.4) is 0 Å². The van der Waals surface area contributed by atoms with Crippen molar-refractivity contribution >= 4 is 12.4 Å². The van der Waals surface area contributed by atoms with Crippen LogP contribution in [-0.2, 0) is 0 Å². The number of halogens is 1. The van der Waals surface area contributed by atoms with E-state index in [1.807, 2.05) is 0 Å². The summed E-state index contributed by atoms with van der Waals surface area (Å²) in [6.07, 6.45) is 10.0. The maximum Gasteiger partial charge on any atom is -0.00490 e. The zero-order valence-electron chi connectivity index (χ0n) is 8.80. The highest BCUT2D eigenvalue weighted by Gasteiger charge is 2.15. The van der Waals surface area contributed by atoms with Gasteiger partial charge in [0.05, 0.1) is 0 Å². The van der Waals surface area contributed by atoms with Gasteiger partial charge in [-0.3, -0.25) is 0 Å². The minimum Gasteiger partial charge on any atom is -0.330 e. The monoisotopic (exact) mass is 205 g/mol. The van der Waals surface area contributed by atoms with Crippen LogP contribution in [0.15, 0.2) is 0 Å². The lowest BCUT2D eigenvalue weighted by atomic mass is 9.93. The second-order valence-electron chi connectivity index (χ2n) is 4.24. The van der Waals surface area contributed by atoms with Crippen molar-refractivity contribution in [1.82, 2.24) is 0 Å². The van der Waals surface area contributed by atoms with E-state index < -0.39 is 0 Å². The molecular formula is C11H24ClN. The molecule has 0 amide bonds. The molecule has 1 saturated carbocycles. The Morgan fingerprint density at radius 2 is 1.92 bits per heavy atom. The van der Waals surface area contributed by atoms with Crippen LogP contribution in [0.2, 0.25) is 0 Å². The van der Waals surface area contributed by atoms with Gasteiger partial charge in [0.1, 0.15) is 0 Å². The maximum atomic E-state index is 5.67. The SMILES string of the molecule is CCC(CN)CCC1CCCC1.Cl. The molecule has 1 atom stereocenters. The first kappa shape index (κ1) is 13.2. The van der Waals surface area contributed by atoms with Gasteiger partial charge in [-0.2, -0.15) is 0 Å².